The number of rotatable bonds is 2. The van der Waals surface area contributed by atoms with E-state index in [0.717, 1.165) is 5.52 Å². The molecule has 3 nitrogen and oxygen atoms in total. The van der Waals surface area contributed by atoms with Crippen molar-refractivity contribution in [2.45, 2.75) is 26.3 Å². The van der Waals surface area contributed by atoms with Gasteiger partial charge in [-0.25, -0.2) is 0 Å². The second-order valence-corrected chi connectivity index (χ2v) is 4.15. The molecule has 80 valence electrons. The van der Waals surface area contributed by atoms with Gasteiger partial charge in [0.25, 0.3) is 0 Å². The van der Waals surface area contributed by atoms with E-state index >= 15 is 0 Å². The molecule has 0 aromatic carbocycles. The van der Waals surface area contributed by atoms with Gasteiger partial charge in [-0.1, -0.05) is 13.8 Å². The second kappa shape index (κ2) is 3.66. The van der Waals surface area contributed by atoms with Crippen LogP contribution in [0.2, 0.25) is 0 Å². The number of hydrogen-bond acceptors (Lipinski definition) is 2. The van der Waals surface area contributed by atoms with E-state index < -0.39 is 0 Å². The first kappa shape index (κ1) is 10.2. The molecule has 0 radical (unpaired) electrons. The molecule has 0 aliphatic rings. The van der Waals surface area contributed by atoms with E-state index in [1.165, 1.54) is 16.8 Å². The first-order valence-electron chi connectivity index (χ1n) is 5.29. The zero-order valence-corrected chi connectivity index (χ0v) is 9.49. The maximum absolute atomic E-state index is 5.81. The summed E-state index contributed by atoms with van der Waals surface area (Å²) in [5.74, 6) is 0.475. The van der Waals surface area contributed by atoms with Crippen molar-refractivity contribution in [3.63, 3.8) is 0 Å². The van der Waals surface area contributed by atoms with E-state index in [9.17, 15) is 0 Å². The molecule has 0 spiro atoms. The van der Waals surface area contributed by atoms with Crippen LogP contribution < -0.4 is 5.73 Å². The molecule has 0 fully saturated rings. The molecular weight excluding hydrogens is 186 g/mol. The number of fused-ring (bicyclic) bond motifs is 1. The van der Waals surface area contributed by atoms with E-state index in [4.69, 9.17) is 5.73 Å². The quantitative estimate of drug-likeness (QED) is 0.812. The fourth-order valence-electron chi connectivity index (χ4n) is 2.29. The summed E-state index contributed by atoms with van der Waals surface area (Å²) >= 11 is 0. The molecule has 2 N–H and O–H groups in total. The molecule has 0 atom stereocenters. The first-order valence-corrected chi connectivity index (χ1v) is 5.29. The second-order valence-electron chi connectivity index (χ2n) is 4.15. The minimum absolute atomic E-state index is 0.475. The van der Waals surface area contributed by atoms with E-state index in [1.54, 1.807) is 0 Å². The Hall–Kier alpha value is -1.35. The van der Waals surface area contributed by atoms with Crippen molar-refractivity contribution in [2.24, 2.45) is 12.8 Å². The van der Waals surface area contributed by atoms with Gasteiger partial charge in [0.2, 0.25) is 0 Å². The van der Waals surface area contributed by atoms with Gasteiger partial charge < -0.3 is 10.3 Å². The summed E-state index contributed by atoms with van der Waals surface area (Å²) < 4.78 is 2.20. The van der Waals surface area contributed by atoms with Crippen LogP contribution in [-0.4, -0.2) is 9.55 Å². The summed E-state index contributed by atoms with van der Waals surface area (Å²) in [6.07, 6.45) is 1.82. The number of hydrogen-bond donors (Lipinski definition) is 1. The van der Waals surface area contributed by atoms with Crippen molar-refractivity contribution < 1.29 is 0 Å². The topological polar surface area (TPSA) is 43.8 Å². The standard InChI is InChI=1S/C12H17N3/c1-8(2)12-9(7-13)11-10(15(12)3)5-4-6-14-11/h4-6,8H,7,13H2,1-3H3. The lowest BCUT2D eigenvalue weighted by Crippen LogP contribution is -2.05. The van der Waals surface area contributed by atoms with E-state index in [1.807, 2.05) is 12.3 Å². The zero-order chi connectivity index (χ0) is 11.0. The largest absolute Gasteiger partial charge is 0.346 e. The summed E-state index contributed by atoms with van der Waals surface area (Å²) in [5, 5.41) is 0. The third-order valence-corrected chi connectivity index (χ3v) is 2.86. The molecule has 0 amide bonds. The van der Waals surface area contributed by atoms with Gasteiger partial charge in [-0.2, -0.15) is 0 Å². The first-order chi connectivity index (χ1) is 7.16. The predicted molar refractivity (Wildman–Crippen MR) is 62.7 cm³/mol. The molecule has 2 aromatic rings. The fourth-order valence-corrected chi connectivity index (χ4v) is 2.29. The summed E-state index contributed by atoms with van der Waals surface area (Å²) in [5.41, 5.74) is 10.5. The highest BCUT2D eigenvalue weighted by Gasteiger charge is 2.16. The third-order valence-electron chi connectivity index (χ3n) is 2.86. The Bertz CT molecular complexity index is 483. The lowest BCUT2D eigenvalue weighted by molar-refractivity contribution is 0.739. The molecule has 0 saturated heterocycles. The molecule has 0 saturated carbocycles. The van der Waals surface area contributed by atoms with E-state index in [2.05, 4.69) is 36.5 Å². The van der Waals surface area contributed by atoms with Gasteiger partial charge in [-0.05, 0) is 18.1 Å². The number of aryl methyl sites for hydroxylation is 1. The van der Waals surface area contributed by atoms with Crippen molar-refractivity contribution in [2.75, 3.05) is 0 Å². The Morgan fingerprint density at radius 2 is 2.20 bits per heavy atom. The molecule has 0 aliphatic heterocycles. The average molecular weight is 203 g/mol. The third kappa shape index (κ3) is 1.43. The molecule has 3 heteroatoms. The lowest BCUT2D eigenvalue weighted by Gasteiger charge is -2.09. The van der Waals surface area contributed by atoms with Gasteiger partial charge in [0, 0.05) is 31.0 Å². The van der Waals surface area contributed by atoms with Crippen LogP contribution in [0.5, 0.6) is 0 Å². The monoisotopic (exact) mass is 203 g/mol. The molecule has 15 heavy (non-hydrogen) atoms. The molecule has 0 aliphatic carbocycles. The number of aromatic nitrogens is 2. The lowest BCUT2D eigenvalue weighted by atomic mass is 10.1. The van der Waals surface area contributed by atoms with Crippen molar-refractivity contribution in [1.29, 1.82) is 0 Å². The highest BCUT2D eigenvalue weighted by atomic mass is 15.0. The van der Waals surface area contributed by atoms with Crippen LogP contribution in [0.15, 0.2) is 18.3 Å². The van der Waals surface area contributed by atoms with Crippen molar-refractivity contribution in [3.05, 3.63) is 29.6 Å². The highest BCUT2D eigenvalue weighted by molar-refractivity contribution is 5.81. The SMILES string of the molecule is CC(C)c1c(CN)c2ncccc2n1C. The molecule has 2 aromatic heterocycles. The van der Waals surface area contributed by atoms with Gasteiger partial charge in [0.1, 0.15) is 0 Å². The van der Waals surface area contributed by atoms with Crippen molar-refractivity contribution in [1.82, 2.24) is 9.55 Å². The number of pyridine rings is 1. The minimum Gasteiger partial charge on any atom is -0.346 e. The van der Waals surface area contributed by atoms with E-state index in [-0.39, 0.29) is 0 Å². The molecule has 2 heterocycles. The Kier molecular flexibility index (Phi) is 2.49. The molecule has 0 unspecified atom stereocenters. The van der Waals surface area contributed by atoms with Crippen LogP contribution >= 0.6 is 0 Å². The number of nitrogens with zero attached hydrogens (tertiary/aromatic N) is 2. The van der Waals surface area contributed by atoms with Gasteiger partial charge >= 0.3 is 0 Å². The van der Waals surface area contributed by atoms with Crippen LogP contribution in [-0.2, 0) is 13.6 Å². The summed E-state index contributed by atoms with van der Waals surface area (Å²) in [6.45, 7) is 4.93. The van der Waals surface area contributed by atoms with Crippen LogP contribution in [0, 0.1) is 0 Å². The normalized spacial score (nSPS) is 11.5. The predicted octanol–water partition coefficient (Wildman–Crippen LogP) is 2.16. The Balaban J connectivity index is 2.84. The smallest absolute Gasteiger partial charge is 0.0928 e. The summed E-state index contributed by atoms with van der Waals surface area (Å²) in [6, 6.07) is 4.06. The zero-order valence-electron chi connectivity index (χ0n) is 9.49. The van der Waals surface area contributed by atoms with Gasteiger partial charge in [-0.15, -0.1) is 0 Å². The average Bonchev–Trinajstić information content (AvgIpc) is 2.52. The molecule has 0 bridgehead atoms. The highest BCUT2D eigenvalue weighted by Crippen LogP contribution is 2.28. The van der Waals surface area contributed by atoms with Gasteiger partial charge in [-0.3, -0.25) is 4.98 Å². The van der Waals surface area contributed by atoms with Gasteiger partial charge in [0.05, 0.1) is 11.0 Å². The van der Waals surface area contributed by atoms with E-state index in [0.29, 0.717) is 12.5 Å². The van der Waals surface area contributed by atoms with Crippen molar-refractivity contribution in [3.8, 4) is 0 Å². The number of nitrogens with two attached hydrogens (primary N) is 1. The van der Waals surface area contributed by atoms with Crippen LogP contribution in [0.1, 0.15) is 31.0 Å². The van der Waals surface area contributed by atoms with Gasteiger partial charge in [0.15, 0.2) is 0 Å². The fraction of sp³-hybridized carbons (Fsp3) is 0.417. The Labute approximate surface area is 89.9 Å². The molecule has 2 rings (SSSR count). The minimum atomic E-state index is 0.475. The summed E-state index contributed by atoms with van der Waals surface area (Å²) in [4.78, 5) is 4.42. The maximum Gasteiger partial charge on any atom is 0.0928 e. The Morgan fingerprint density at radius 3 is 2.80 bits per heavy atom. The van der Waals surface area contributed by atoms with Crippen LogP contribution in [0.4, 0.5) is 0 Å². The van der Waals surface area contributed by atoms with Crippen molar-refractivity contribution >= 4 is 11.0 Å². The maximum atomic E-state index is 5.81. The molecular formula is C12H17N3. The van der Waals surface area contributed by atoms with Crippen LogP contribution in [0.3, 0.4) is 0 Å². The van der Waals surface area contributed by atoms with Crippen LogP contribution in [0.25, 0.3) is 11.0 Å². The summed E-state index contributed by atoms with van der Waals surface area (Å²) in [7, 11) is 2.08. The Morgan fingerprint density at radius 1 is 1.47 bits per heavy atom.